The summed E-state index contributed by atoms with van der Waals surface area (Å²) in [5, 5.41) is 12.0. The van der Waals surface area contributed by atoms with Crippen LogP contribution >= 0.6 is 0 Å². The van der Waals surface area contributed by atoms with E-state index in [1.807, 2.05) is 48.7 Å². The van der Waals surface area contributed by atoms with E-state index in [1.165, 1.54) is 0 Å². The molecule has 1 unspecified atom stereocenters. The number of carbonyl (C=O) groups is 2. The molecule has 0 spiro atoms. The van der Waals surface area contributed by atoms with Crippen molar-refractivity contribution in [1.29, 1.82) is 5.26 Å². The maximum atomic E-state index is 12.5. The van der Waals surface area contributed by atoms with Gasteiger partial charge >= 0.3 is 0 Å². The fraction of sp³-hybridized carbons (Fsp3) is 0.208. The van der Waals surface area contributed by atoms with E-state index in [-0.39, 0.29) is 17.7 Å². The Morgan fingerprint density at radius 1 is 1.03 bits per heavy atom. The second-order valence-electron chi connectivity index (χ2n) is 7.69. The number of anilines is 2. The molecular weight excluding hydrogens is 376 g/mol. The molecule has 30 heavy (non-hydrogen) atoms. The summed E-state index contributed by atoms with van der Waals surface area (Å²) >= 11 is 0. The predicted octanol–water partition coefficient (Wildman–Crippen LogP) is 3.95. The number of nitriles is 1. The van der Waals surface area contributed by atoms with Crippen molar-refractivity contribution in [2.24, 2.45) is 0 Å². The van der Waals surface area contributed by atoms with E-state index in [2.05, 4.69) is 16.0 Å². The fourth-order valence-corrected chi connectivity index (χ4v) is 4.42. The van der Waals surface area contributed by atoms with Crippen LogP contribution in [0.4, 0.5) is 11.4 Å². The standard InChI is InChI=1S/C24H20N4O2/c25-15-16-5-7-17(8-6-16)27-11-1-3-22(27)20-14-23(29)26-21-13-18(9-10-19(20)21)28-12-2-4-24(28)30/h1,3,5-11,13,20H,2,4,12,14H2,(H,26,29). The Morgan fingerprint density at radius 3 is 2.57 bits per heavy atom. The molecule has 1 fully saturated rings. The third-order valence-electron chi connectivity index (χ3n) is 5.87. The first kappa shape index (κ1) is 18.2. The maximum absolute atomic E-state index is 12.5. The first-order chi connectivity index (χ1) is 14.6. The molecule has 1 aromatic heterocycles. The van der Waals surface area contributed by atoms with Gasteiger partial charge in [0.25, 0.3) is 0 Å². The molecule has 5 rings (SSSR count). The summed E-state index contributed by atoms with van der Waals surface area (Å²) in [6.45, 7) is 0.719. The Hall–Kier alpha value is -3.85. The molecule has 6 heteroatoms. The van der Waals surface area contributed by atoms with Gasteiger partial charge in [-0.05, 0) is 60.5 Å². The molecule has 0 radical (unpaired) electrons. The number of hydrogen-bond donors (Lipinski definition) is 1. The molecule has 3 aromatic rings. The van der Waals surface area contributed by atoms with Gasteiger partial charge < -0.3 is 14.8 Å². The number of fused-ring (bicyclic) bond motifs is 1. The lowest BCUT2D eigenvalue weighted by Crippen LogP contribution is -2.27. The smallest absolute Gasteiger partial charge is 0.227 e. The highest BCUT2D eigenvalue weighted by molar-refractivity contribution is 5.99. The lowest BCUT2D eigenvalue weighted by atomic mass is 9.87. The van der Waals surface area contributed by atoms with E-state index in [1.54, 1.807) is 17.0 Å². The molecule has 148 valence electrons. The Bertz CT molecular complexity index is 1190. The van der Waals surface area contributed by atoms with Crippen molar-refractivity contribution in [3.63, 3.8) is 0 Å². The Balaban J connectivity index is 1.54. The molecule has 0 aliphatic carbocycles. The Labute approximate surface area is 174 Å². The number of nitrogens with one attached hydrogen (secondary N) is 1. The SMILES string of the molecule is N#Cc1ccc(-n2cccc2C2CC(=O)Nc3cc(N4CCCC4=O)ccc32)cc1. The molecule has 2 aliphatic heterocycles. The zero-order chi connectivity index (χ0) is 20.7. The van der Waals surface area contributed by atoms with Crippen LogP contribution in [-0.4, -0.2) is 22.9 Å². The molecule has 3 heterocycles. The fourth-order valence-electron chi connectivity index (χ4n) is 4.42. The topological polar surface area (TPSA) is 78.1 Å². The van der Waals surface area contributed by atoms with Gasteiger partial charge in [-0.2, -0.15) is 5.26 Å². The van der Waals surface area contributed by atoms with E-state index < -0.39 is 0 Å². The molecule has 2 amide bonds. The van der Waals surface area contributed by atoms with Crippen molar-refractivity contribution in [2.45, 2.75) is 25.2 Å². The second kappa shape index (κ2) is 7.20. The van der Waals surface area contributed by atoms with Crippen LogP contribution in [0.1, 0.15) is 42.0 Å². The average Bonchev–Trinajstić information content (AvgIpc) is 3.42. The largest absolute Gasteiger partial charge is 0.326 e. The van der Waals surface area contributed by atoms with E-state index in [4.69, 9.17) is 5.26 Å². The number of aromatic nitrogens is 1. The molecule has 0 bridgehead atoms. The number of hydrogen-bond acceptors (Lipinski definition) is 3. The van der Waals surface area contributed by atoms with Crippen molar-refractivity contribution < 1.29 is 9.59 Å². The summed E-state index contributed by atoms with van der Waals surface area (Å²) in [5.41, 5.74) is 5.21. The minimum absolute atomic E-state index is 0.0371. The van der Waals surface area contributed by atoms with Crippen LogP contribution in [-0.2, 0) is 9.59 Å². The van der Waals surface area contributed by atoms with Crippen LogP contribution < -0.4 is 10.2 Å². The minimum Gasteiger partial charge on any atom is -0.326 e. The van der Waals surface area contributed by atoms with Gasteiger partial charge in [0.2, 0.25) is 11.8 Å². The van der Waals surface area contributed by atoms with Crippen molar-refractivity contribution in [1.82, 2.24) is 4.57 Å². The third-order valence-corrected chi connectivity index (χ3v) is 5.87. The second-order valence-corrected chi connectivity index (χ2v) is 7.69. The van der Waals surface area contributed by atoms with Gasteiger partial charge in [0, 0.05) is 54.3 Å². The van der Waals surface area contributed by atoms with Gasteiger partial charge in [-0.15, -0.1) is 0 Å². The zero-order valence-electron chi connectivity index (χ0n) is 16.3. The highest BCUT2D eigenvalue weighted by atomic mass is 16.2. The van der Waals surface area contributed by atoms with E-state index in [0.29, 0.717) is 18.4 Å². The van der Waals surface area contributed by atoms with Gasteiger partial charge in [-0.25, -0.2) is 0 Å². The van der Waals surface area contributed by atoms with Crippen LogP contribution in [0.5, 0.6) is 0 Å². The molecule has 2 aromatic carbocycles. The van der Waals surface area contributed by atoms with Crippen molar-refractivity contribution in [2.75, 3.05) is 16.8 Å². The molecule has 1 N–H and O–H groups in total. The van der Waals surface area contributed by atoms with Crippen molar-refractivity contribution >= 4 is 23.2 Å². The molecular formula is C24H20N4O2. The van der Waals surface area contributed by atoms with Crippen LogP contribution in [0.15, 0.2) is 60.8 Å². The first-order valence-corrected chi connectivity index (χ1v) is 10.1. The lowest BCUT2D eigenvalue weighted by Gasteiger charge is -2.28. The highest BCUT2D eigenvalue weighted by Crippen LogP contribution is 2.40. The van der Waals surface area contributed by atoms with Gasteiger partial charge in [0.15, 0.2) is 0 Å². The van der Waals surface area contributed by atoms with Crippen molar-refractivity contribution in [3.8, 4) is 11.8 Å². The number of carbonyl (C=O) groups excluding carboxylic acids is 2. The van der Waals surface area contributed by atoms with Crippen LogP contribution in [0.3, 0.4) is 0 Å². The van der Waals surface area contributed by atoms with Crippen LogP contribution in [0, 0.1) is 11.3 Å². The van der Waals surface area contributed by atoms with Crippen molar-refractivity contribution in [3.05, 3.63) is 77.6 Å². The summed E-state index contributed by atoms with van der Waals surface area (Å²) < 4.78 is 2.06. The normalized spacial score (nSPS) is 18.1. The monoisotopic (exact) mass is 396 g/mol. The summed E-state index contributed by atoms with van der Waals surface area (Å²) in [6, 6.07) is 19.5. The van der Waals surface area contributed by atoms with Gasteiger partial charge in [-0.3, -0.25) is 9.59 Å². The maximum Gasteiger partial charge on any atom is 0.227 e. The van der Waals surface area contributed by atoms with E-state index in [9.17, 15) is 9.59 Å². The first-order valence-electron chi connectivity index (χ1n) is 10.1. The predicted molar refractivity (Wildman–Crippen MR) is 114 cm³/mol. The number of nitrogens with zero attached hydrogens (tertiary/aromatic N) is 3. The van der Waals surface area contributed by atoms with Gasteiger partial charge in [0.1, 0.15) is 0 Å². The van der Waals surface area contributed by atoms with E-state index in [0.717, 1.165) is 41.3 Å². The van der Waals surface area contributed by atoms with Gasteiger partial charge in [-0.1, -0.05) is 6.07 Å². The molecule has 0 saturated carbocycles. The van der Waals surface area contributed by atoms with Crippen LogP contribution in [0.25, 0.3) is 5.69 Å². The Morgan fingerprint density at radius 2 is 1.83 bits per heavy atom. The zero-order valence-corrected chi connectivity index (χ0v) is 16.3. The average molecular weight is 396 g/mol. The van der Waals surface area contributed by atoms with Gasteiger partial charge in [0.05, 0.1) is 11.6 Å². The summed E-state index contributed by atoms with van der Waals surface area (Å²) in [7, 11) is 0. The summed E-state index contributed by atoms with van der Waals surface area (Å²) in [4.78, 5) is 26.4. The molecule has 1 atom stereocenters. The van der Waals surface area contributed by atoms with Crippen LogP contribution in [0.2, 0.25) is 0 Å². The summed E-state index contributed by atoms with van der Waals surface area (Å²) in [6.07, 6.45) is 3.77. The number of rotatable bonds is 3. The highest BCUT2D eigenvalue weighted by Gasteiger charge is 2.30. The third kappa shape index (κ3) is 3.05. The number of benzene rings is 2. The van der Waals surface area contributed by atoms with E-state index >= 15 is 0 Å². The molecule has 6 nitrogen and oxygen atoms in total. The quantitative estimate of drug-likeness (QED) is 0.728. The molecule has 1 saturated heterocycles. The minimum atomic E-state index is -0.0947. The molecule has 2 aliphatic rings. The number of amides is 2. The summed E-state index contributed by atoms with van der Waals surface area (Å²) in [5.74, 6) is -0.00368. The lowest BCUT2D eigenvalue weighted by molar-refractivity contribution is -0.117. The Kier molecular flexibility index (Phi) is 4.36.